The molecule has 0 spiro atoms. The van der Waals surface area contributed by atoms with Gasteiger partial charge in [0.25, 0.3) is 0 Å². The van der Waals surface area contributed by atoms with Crippen molar-refractivity contribution < 1.29 is 4.79 Å². The van der Waals surface area contributed by atoms with Crippen molar-refractivity contribution in [3.8, 4) is 0 Å². The molecular formula is C12H25N3O. The zero-order valence-corrected chi connectivity index (χ0v) is 10.9. The van der Waals surface area contributed by atoms with E-state index >= 15 is 0 Å². The normalized spacial score (nSPS) is 24.7. The first kappa shape index (κ1) is 13.5. The highest BCUT2D eigenvalue weighted by Gasteiger charge is 2.27. The molecule has 1 rings (SSSR count). The Labute approximate surface area is 98.8 Å². The monoisotopic (exact) mass is 227 g/mol. The minimum absolute atomic E-state index is 0.195. The molecule has 4 heteroatoms. The molecule has 0 radical (unpaired) electrons. The zero-order chi connectivity index (χ0) is 12.3. The summed E-state index contributed by atoms with van der Waals surface area (Å²) in [5, 5.41) is 0. The van der Waals surface area contributed by atoms with Crippen molar-refractivity contribution in [3.05, 3.63) is 0 Å². The second-order valence-electron chi connectivity index (χ2n) is 5.39. The van der Waals surface area contributed by atoms with Crippen LogP contribution < -0.4 is 5.73 Å². The van der Waals surface area contributed by atoms with Gasteiger partial charge < -0.3 is 10.6 Å². The van der Waals surface area contributed by atoms with E-state index in [0.29, 0.717) is 18.5 Å². The summed E-state index contributed by atoms with van der Waals surface area (Å²) < 4.78 is 0. The second-order valence-corrected chi connectivity index (χ2v) is 5.39. The van der Waals surface area contributed by atoms with Gasteiger partial charge in [-0.2, -0.15) is 0 Å². The van der Waals surface area contributed by atoms with Crippen molar-refractivity contribution >= 4 is 5.91 Å². The highest BCUT2D eigenvalue weighted by atomic mass is 16.2. The summed E-state index contributed by atoms with van der Waals surface area (Å²) in [6, 6.07) is 0.672. The molecule has 1 amide bonds. The summed E-state index contributed by atoms with van der Waals surface area (Å²) in [6.45, 7) is 5.57. The Morgan fingerprint density at radius 3 is 2.38 bits per heavy atom. The lowest BCUT2D eigenvalue weighted by atomic mass is 9.80. The van der Waals surface area contributed by atoms with E-state index in [1.54, 1.807) is 4.90 Å². The molecule has 0 aromatic rings. The molecule has 0 atom stereocenters. The fraction of sp³-hybridized carbons (Fsp3) is 0.917. The molecule has 0 aromatic heterocycles. The van der Waals surface area contributed by atoms with Crippen LogP contribution in [0.4, 0.5) is 0 Å². The van der Waals surface area contributed by atoms with Crippen LogP contribution in [-0.4, -0.2) is 55.0 Å². The summed E-state index contributed by atoms with van der Waals surface area (Å²) in [6.07, 6.45) is 2.22. The van der Waals surface area contributed by atoms with Gasteiger partial charge in [-0.1, -0.05) is 0 Å². The first-order valence-electron chi connectivity index (χ1n) is 6.10. The van der Waals surface area contributed by atoms with Crippen LogP contribution in [0.2, 0.25) is 0 Å². The Balaban J connectivity index is 2.23. The molecule has 2 N–H and O–H groups in total. The van der Waals surface area contributed by atoms with E-state index in [9.17, 15) is 4.79 Å². The maximum atomic E-state index is 11.8. The standard InChI is InChI=1S/C12H25N3O/c1-9(2)15(4)12(16)8-14(3)7-10-5-11(13)6-10/h9-11H,5-8,13H2,1-4H3. The number of likely N-dealkylation sites (N-methyl/N-ethyl adjacent to an activating group) is 2. The molecule has 1 saturated carbocycles. The molecule has 94 valence electrons. The van der Waals surface area contributed by atoms with Crippen molar-refractivity contribution in [1.82, 2.24) is 9.80 Å². The maximum Gasteiger partial charge on any atom is 0.236 e. The van der Waals surface area contributed by atoms with E-state index in [-0.39, 0.29) is 11.9 Å². The zero-order valence-electron chi connectivity index (χ0n) is 10.9. The summed E-state index contributed by atoms with van der Waals surface area (Å²) >= 11 is 0. The third kappa shape index (κ3) is 3.76. The molecule has 1 aliphatic carbocycles. The van der Waals surface area contributed by atoms with Gasteiger partial charge in [0.2, 0.25) is 5.91 Å². The van der Waals surface area contributed by atoms with Crippen LogP contribution in [0.25, 0.3) is 0 Å². The van der Waals surface area contributed by atoms with E-state index in [2.05, 4.69) is 4.90 Å². The minimum Gasteiger partial charge on any atom is -0.342 e. The second kappa shape index (κ2) is 5.64. The molecule has 1 aliphatic rings. The third-order valence-corrected chi connectivity index (χ3v) is 3.42. The smallest absolute Gasteiger partial charge is 0.236 e. The number of carbonyl (C=O) groups excluding carboxylic acids is 1. The van der Waals surface area contributed by atoms with Crippen LogP contribution in [0.1, 0.15) is 26.7 Å². The topological polar surface area (TPSA) is 49.6 Å². The number of nitrogens with two attached hydrogens (primary N) is 1. The number of hydrogen-bond donors (Lipinski definition) is 1. The molecule has 0 heterocycles. The van der Waals surface area contributed by atoms with Crippen molar-refractivity contribution in [2.24, 2.45) is 11.7 Å². The molecule has 0 aromatic carbocycles. The van der Waals surface area contributed by atoms with Crippen molar-refractivity contribution in [1.29, 1.82) is 0 Å². The molecule has 4 nitrogen and oxygen atoms in total. The van der Waals surface area contributed by atoms with Gasteiger partial charge in [-0.3, -0.25) is 9.69 Å². The maximum absolute atomic E-state index is 11.8. The van der Waals surface area contributed by atoms with Crippen LogP contribution in [0.5, 0.6) is 0 Å². The van der Waals surface area contributed by atoms with Crippen LogP contribution in [-0.2, 0) is 4.79 Å². The van der Waals surface area contributed by atoms with Gasteiger partial charge in [-0.25, -0.2) is 0 Å². The predicted molar refractivity (Wildman–Crippen MR) is 66.1 cm³/mol. The minimum atomic E-state index is 0.195. The summed E-state index contributed by atoms with van der Waals surface area (Å²) in [5.41, 5.74) is 5.74. The van der Waals surface area contributed by atoms with E-state index < -0.39 is 0 Å². The lowest BCUT2D eigenvalue weighted by Gasteiger charge is -2.35. The quantitative estimate of drug-likeness (QED) is 0.745. The van der Waals surface area contributed by atoms with E-state index in [1.807, 2.05) is 27.9 Å². The number of hydrogen-bond acceptors (Lipinski definition) is 3. The van der Waals surface area contributed by atoms with Crippen LogP contribution >= 0.6 is 0 Å². The van der Waals surface area contributed by atoms with Crippen molar-refractivity contribution in [2.45, 2.75) is 38.8 Å². The Kier molecular flexibility index (Phi) is 4.74. The van der Waals surface area contributed by atoms with Gasteiger partial charge in [0.05, 0.1) is 6.54 Å². The van der Waals surface area contributed by atoms with Gasteiger partial charge in [0.1, 0.15) is 0 Å². The van der Waals surface area contributed by atoms with Crippen molar-refractivity contribution in [3.63, 3.8) is 0 Å². The van der Waals surface area contributed by atoms with Crippen molar-refractivity contribution in [2.75, 3.05) is 27.2 Å². The predicted octanol–water partition coefficient (Wildman–Crippen LogP) is 0.522. The summed E-state index contributed by atoms with van der Waals surface area (Å²) in [4.78, 5) is 15.7. The number of rotatable bonds is 5. The number of nitrogens with zero attached hydrogens (tertiary/aromatic N) is 2. The first-order valence-corrected chi connectivity index (χ1v) is 6.10. The van der Waals surface area contributed by atoms with Gasteiger partial charge >= 0.3 is 0 Å². The SMILES string of the molecule is CC(C)N(C)C(=O)CN(C)CC1CC(N)C1. The van der Waals surface area contributed by atoms with Crippen LogP contribution in [0.3, 0.4) is 0 Å². The first-order chi connectivity index (χ1) is 7.40. The fourth-order valence-electron chi connectivity index (χ4n) is 2.07. The molecule has 16 heavy (non-hydrogen) atoms. The molecule has 0 bridgehead atoms. The third-order valence-electron chi connectivity index (χ3n) is 3.42. The highest BCUT2D eigenvalue weighted by Crippen LogP contribution is 2.25. The number of carbonyl (C=O) groups is 1. The van der Waals surface area contributed by atoms with E-state index in [1.165, 1.54) is 0 Å². The summed E-state index contributed by atoms with van der Waals surface area (Å²) in [5.74, 6) is 0.887. The molecule has 0 unspecified atom stereocenters. The Bertz CT molecular complexity index is 236. The van der Waals surface area contributed by atoms with E-state index in [0.717, 1.165) is 19.4 Å². The van der Waals surface area contributed by atoms with Crippen LogP contribution in [0.15, 0.2) is 0 Å². The molecule has 1 fully saturated rings. The van der Waals surface area contributed by atoms with E-state index in [4.69, 9.17) is 5.73 Å². The lowest BCUT2D eigenvalue weighted by Crippen LogP contribution is -2.45. The molecule has 0 aliphatic heterocycles. The van der Waals surface area contributed by atoms with Crippen LogP contribution in [0, 0.1) is 5.92 Å². The van der Waals surface area contributed by atoms with Gasteiger partial charge in [-0.05, 0) is 39.7 Å². The molecular weight excluding hydrogens is 202 g/mol. The largest absolute Gasteiger partial charge is 0.342 e. The average Bonchev–Trinajstić information content (AvgIpc) is 2.13. The van der Waals surface area contributed by atoms with Gasteiger partial charge in [0, 0.05) is 25.7 Å². The Hall–Kier alpha value is -0.610. The summed E-state index contributed by atoms with van der Waals surface area (Å²) in [7, 11) is 3.87. The number of amides is 1. The van der Waals surface area contributed by atoms with Gasteiger partial charge in [-0.15, -0.1) is 0 Å². The highest BCUT2D eigenvalue weighted by molar-refractivity contribution is 5.78. The lowest BCUT2D eigenvalue weighted by molar-refractivity contribution is -0.132. The average molecular weight is 227 g/mol. The van der Waals surface area contributed by atoms with Gasteiger partial charge in [0.15, 0.2) is 0 Å². The Morgan fingerprint density at radius 1 is 1.38 bits per heavy atom. The molecule has 0 saturated heterocycles. The fourth-order valence-corrected chi connectivity index (χ4v) is 2.07. The Morgan fingerprint density at radius 2 is 1.94 bits per heavy atom.